The second-order valence-electron chi connectivity index (χ2n) is 7.17. The fraction of sp³-hybridized carbons (Fsp3) is 0.182. The van der Waals surface area contributed by atoms with Gasteiger partial charge in [0.1, 0.15) is 5.82 Å². The summed E-state index contributed by atoms with van der Waals surface area (Å²) >= 11 is 1.51. The van der Waals surface area contributed by atoms with Gasteiger partial charge in [-0.3, -0.25) is 0 Å². The van der Waals surface area contributed by atoms with Gasteiger partial charge in [-0.25, -0.2) is 10.1 Å². The monoisotopic (exact) mass is 443 g/mol. The van der Waals surface area contributed by atoms with Crippen molar-refractivity contribution < 1.29 is 0 Å². The molecule has 5 aromatic rings. The van der Waals surface area contributed by atoms with Gasteiger partial charge in [0.2, 0.25) is 5.16 Å². The van der Waals surface area contributed by atoms with Crippen molar-refractivity contribution in [1.29, 1.82) is 0 Å². The van der Waals surface area contributed by atoms with Gasteiger partial charge in [-0.05, 0) is 46.4 Å². The van der Waals surface area contributed by atoms with Gasteiger partial charge in [-0.1, -0.05) is 55.1 Å². The highest BCUT2D eigenvalue weighted by molar-refractivity contribution is 7.98. The van der Waals surface area contributed by atoms with E-state index in [4.69, 9.17) is 0 Å². The van der Waals surface area contributed by atoms with E-state index in [0.29, 0.717) is 16.8 Å². The number of tetrazole rings is 1. The van der Waals surface area contributed by atoms with Gasteiger partial charge in [0, 0.05) is 30.1 Å². The predicted molar refractivity (Wildman–Crippen MR) is 125 cm³/mol. The summed E-state index contributed by atoms with van der Waals surface area (Å²) in [5.74, 6) is 2.17. The maximum atomic E-state index is 4.62. The summed E-state index contributed by atoms with van der Waals surface area (Å²) in [5, 5.41) is 19.6. The molecular formula is C22H21N9S. The highest BCUT2D eigenvalue weighted by atomic mass is 32.2. The van der Waals surface area contributed by atoms with Gasteiger partial charge in [-0.2, -0.15) is 9.50 Å². The molecule has 0 radical (unpaired) electrons. The largest absolute Gasteiger partial charge is 0.329 e. The molecule has 32 heavy (non-hydrogen) atoms. The van der Waals surface area contributed by atoms with Crippen LogP contribution in [-0.4, -0.2) is 53.5 Å². The molecule has 0 fully saturated rings. The van der Waals surface area contributed by atoms with Crippen molar-refractivity contribution >= 4 is 29.0 Å². The molecule has 0 aliphatic heterocycles. The Morgan fingerprint density at radius 3 is 2.50 bits per heavy atom. The number of nitrogens with zero attached hydrogens (tertiary/aromatic N) is 8. The first kappa shape index (κ1) is 20.1. The zero-order chi connectivity index (χ0) is 22.1. The lowest BCUT2D eigenvalue weighted by molar-refractivity contribution is 0.855. The number of benzene rings is 2. The SMILES string of the molecule is CCc1cc(N(C)c2ccc(-c3ccccc3-c3nnn[nH]3)cc2)n2nc(SC)nc2n1. The van der Waals surface area contributed by atoms with Crippen molar-refractivity contribution in [2.75, 3.05) is 18.2 Å². The Kier molecular flexibility index (Phi) is 5.28. The Labute approximate surface area is 188 Å². The van der Waals surface area contributed by atoms with Crippen LogP contribution in [0.15, 0.2) is 59.8 Å². The minimum Gasteiger partial charge on any atom is -0.329 e. The van der Waals surface area contributed by atoms with Crippen LogP contribution in [0.25, 0.3) is 28.3 Å². The van der Waals surface area contributed by atoms with E-state index in [9.17, 15) is 0 Å². The van der Waals surface area contributed by atoms with Crippen LogP contribution in [0.1, 0.15) is 12.6 Å². The van der Waals surface area contributed by atoms with Gasteiger partial charge in [0.15, 0.2) is 5.82 Å². The van der Waals surface area contributed by atoms with Gasteiger partial charge < -0.3 is 4.90 Å². The Hall–Kier alpha value is -3.79. The van der Waals surface area contributed by atoms with Crippen LogP contribution in [0.2, 0.25) is 0 Å². The number of aromatic nitrogens is 8. The average molecular weight is 444 g/mol. The second kappa shape index (κ2) is 8.39. The number of anilines is 2. The number of aryl methyl sites for hydroxylation is 1. The molecule has 5 rings (SSSR count). The summed E-state index contributed by atoms with van der Waals surface area (Å²) in [4.78, 5) is 11.2. The zero-order valence-electron chi connectivity index (χ0n) is 17.9. The van der Waals surface area contributed by atoms with E-state index in [2.05, 4.69) is 83.9 Å². The molecule has 0 bridgehead atoms. The summed E-state index contributed by atoms with van der Waals surface area (Å²) in [5.41, 5.74) is 5.09. The summed E-state index contributed by atoms with van der Waals surface area (Å²) in [6.07, 6.45) is 2.79. The minimum atomic E-state index is 0.613. The average Bonchev–Trinajstić information content (AvgIpc) is 3.53. The van der Waals surface area contributed by atoms with Crippen molar-refractivity contribution in [3.05, 3.63) is 60.3 Å². The standard InChI is InChI=1S/C22H21N9S/c1-4-15-13-19(31-21(23-15)24-22(27-31)32-3)30(2)16-11-9-14(10-12-16)17-7-5-6-8-18(17)20-25-28-29-26-20/h5-13H,4H2,1-3H3,(H,25,26,28,29). The molecule has 3 aromatic heterocycles. The fourth-order valence-electron chi connectivity index (χ4n) is 3.60. The van der Waals surface area contributed by atoms with E-state index >= 15 is 0 Å². The fourth-order valence-corrected chi connectivity index (χ4v) is 3.94. The van der Waals surface area contributed by atoms with Crippen LogP contribution in [0, 0.1) is 0 Å². The number of hydrogen-bond acceptors (Lipinski definition) is 8. The first-order valence-electron chi connectivity index (χ1n) is 10.2. The van der Waals surface area contributed by atoms with Crippen molar-refractivity contribution in [3.63, 3.8) is 0 Å². The number of hydrogen-bond donors (Lipinski definition) is 1. The van der Waals surface area contributed by atoms with Gasteiger partial charge in [0.05, 0.1) is 0 Å². The van der Waals surface area contributed by atoms with Crippen LogP contribution in [0.3, 0.4) is 0 Å². The molecule has 0 amide bonds. The normalized spacial score (nSPS) is 11.2. The summed E-state index contributed by atoms with van der Waals surface area (Å²) in [6, 6.07) is 18.5. The molecule has 0 spiro atoms. The molecule has 3 heterocycles. The molecule has 2 aromatic carbocycles. The van der Waals surface area contributed by atoms with E-state index in [0.717, 1.165) is 40.3 Å². The number of H-pyrrole nitrogens is 1. The Morgan fingerprint density at radius 2 is 1.81 bits per heavy atom. The first-order valence-corrected chi connectivity index (χ1v) is 11.4. The maximum absolute atomic E-state index is 4.62. The molecule has 9 nitrogen and oxygen atoms in total. The summed E-state index contributed by atoms with van der Waals surface area (Å²) in [7, 11) is 2.03. The lowest BCUT2D eigenvalue weighted by Gasteiger charge is -2.21. The third kappa shape index (κ3) is 3.58. The first-order chi connectivity index (χ1) is 15.7. The molecular weight excluding hydrogens is 422 g/mol. The van der Waals surface area contributed by atoms with E-state index in [1.165, 1.54) is 11.8 Å². The molecule has 160 valence electrons. The highest BCUT2D eigenvalue weighted by Crippen LogP contribution is 2.32. The number of fused-ring (bicyclic) bond motifs is 1. The molecule has 10 heteroatoms. The van der Waals surface area contributed by atoms with Crippen molar-refractivity contribution in [3.8, 4) is 22.5 Å². The van der Waals surface area contributed by atoms with Gasteiger partial charge in [0.25, 0.3) is 5.78 Å². The van der Waals surface area contributed by atoms with Crippen molar-refractivity contribution in [2.45, 2.75) is 18.5 Å². The quantitative estimate of drug-likeness (QED) is 0.393. The van der Waals surface area contributed by atoms with Crippen LogP contribution < -0.4 is 4.90 Å². The van der Waals surface area contributed by atoms with Gasteiger partial charge in [-0.15, -0.1) is 10.2 Å². The van der Waals surface area contributed by atoms with Crippen LogP contribution in [0.5, 0.6) is 0 Å². The van der Waals surface area contributed by atoms with Gasteiger partial charge >= 0.3 is 0 Å². The predicted octanol–water partition coefficient (Wildman–Crippen LogP) is 4.02. The van der Waals surface area contributed by atoms with Crippen molar-refractivity contribution in [2.24, 2.45) is 0 Å². The molecule has 1 N–H and O–H groups in total. The number of rotatable bonds is 6. The molecule has 0 atom stereocenters. The number of thioether (sulfide) groups is 1. The van der Waals surface area contributed by atoms with E-state index in [1.807, 2.05) is 31.5 Å². The third-order valence-corrected chi connectivity index (χ3v) is 5.85. The van der Waals surface area contributed by atoms with Crippen LogP contribution >= 0.6 is 11.8 Å². The lowest BCUT2D eigenvalue weighted by atomic mass is 9.99. The minimum absolute atomic E-state index is 0.613. The maximum Gasteiger partial charge on any atom is 0.255 e. The third-order valence-electron chi connectivity index (χ3n) is 5.31. The highest BCUT2D eigenvalue weighted by Gasteiger charge is 2.16. The van der Waals surface area contributed by atoms with Crippen molar-refractivity contribution in [1.82, 2.24) is 40.2 Å². The molecule has 0 saturated heterocycles. The Morgan fingerprint density at radius 1 is 1.03 bits per heavy atom. The topological polar surface area (TPSA) is 101 Å². The molecule has 0 aliphatic rings. The van der Waals surface area contributed by atoms with E-state index < -0.39 is 0 Å². The zero-order valence-corrected chi connectivity index (χ0v) is 18.7. The molecule has 0 aliphatic carbocycles. The second-order valence-corrected chi connectivity index (χ2v) is 7.94. The van der Waals surface area contributed by atoms with Crippen LogP contribution in [0.4, 0.5) is 11.5 Å². The lowest BCUT2D eigenvalue weighted by Crippen LogP contribution is -2.15. The van der Waals surface area contributed by atoms with Crippen LogP contribution in [-0.2, 0) is 6.42 Å². The number of aromatic amines is 1. The molecule has 0 saturated carbocycles. The molecule has 0 unspecified atom stereocenters. The summed E-state index contributed by atoms with van der Waals surface area (Å²) in [6.45, 7) is 2.09. The Bertz CT molecular complexity index is 1360. The summed E-state index contributed by atoms with van der Waals surface area (Å²) < 4.78 is 1.80. The van der Waals surface area contributed by atoms with E-state index in [-0.39, 0.29) is 0 Å². The van der Waals surface area contributed by atoms with E-state index in [1.54, 1.807) is 4.52 Å². The number of nitrogens with one attached hydrogen (secondary N) is 1. The smallest absolute Gasteiger partial charge is 0.255 e. The Balaban J connectivity index is 1.53.